The summed E-state index contributed by atoms with van der Waals surface area (Å²) in [7, 11) is 3.14. The van der Waals surface area contributed by atoms with Gasteiger partial charge in [-0.05, 0) is 79.7 Å². The van der Waals surface area contributed by atoms with Crippen molar-refractivity contribution in [1.29, 1.82) is 0 Å². The van der Waals surface area contributed by atoms with Crippen molar-refractivity contribution >= 4 is 29.1 Å². The second kappa shape index (κ2) is 12.3. The van der Waals surface area contributed by atoms with Crippen molar-refractivity contribution in [2.24, 2.45) is 0 Å². The highest BCUT2D eigenvalue weighted by atomic mass is 35.5. The molecule has 2 fully saturated rings. The minimum Gasteiger partial charge on any atom is -0.497 e. The Hall–Kier alpha value is -2.81. The third-order valence-corrected chi connectivity index (χ3v) is 10.4. The number of benzene rings is 3. The molecule has 1 aliphatic carbocycles. The van der Waals surface area contributed by atoms with Gasteiger partial charge in [0, 0.05) is 30.1 Å². The molecule has 2 heterocycles. The lowest BCUT2D eigenvalue weighted by atomic mass is 9.72. The molecule has 0 saturated carbocycles. The van der Waals surface area contributed by atoms with Crippen LogP contribution in [-0.2, 0) is 22.2 Å². The number of carbonyl (C=O) groups excluding carboxylic acids is 1. The highest BCUT2D eigenvalue weighted by Crippen LogP contribution is 2.47. The third kappa shape index (κ3) is 5.74. The first-order valence-corrected chi connectivity index (χ1v) is 15.6. The molecule has 228 valence electrons. The second-order valence-corrected chi connectivity index (χ2v) is 12.7. The van der Waals surface area contributed by atoms with Gasteiger partial charge < -0.3 is 29.1 Å². The lowest BCUT2D eigenvalue weighted by Crippen LogP contribution is -2.54. The molecule has 6 rings (SSSR count). The molecule has 2 atom stereocenters. The van der Waals surface area contributed by atoms with Crippen LogP contribution in [0.15, 0.2) is 60.7 Å². The lowest BCUT2D eigenvalue weighted by molar-refractivity contribution is -0.114. The van der Waals surface area contributed by atoms with Crippen LogP contribution in [0.2, 0.25) is 10.0 Å². The largest absolute Gasteiger partial charge is 0.497 e. The van der Waals surface area contributed by atoms with Crippen molar-refractivity contribution in [3.05, 3.63) is 93.0 Å². The molecule has 2 aliphatic heterocycles. The van der Waals surface area contributed by atoms with Crippen LogP contribution in [0, 0.1) is 0 Å². The summed E-state index contributed by atoms with van der Waals surface area (Å²) < 4.78 is 17.4. The Balaban J connectivity index is 1.22. The molecular formula is C34H38Cl2N2O5. The number of halogens is 2. The molecule has 43 heavy (non-hydrogen) atoms. The summed E-state index contributed by atoms with van der Waals surface area (Å²) in [6, 6.07) is 19.3. The van der Waals surface area contributed by atoms with Gasteiger partial charge >= 0.3 is 0 Å². The number of morpholine rings is 1. The number of aliphatic hydroxyl groups excluding tert-OH is 1. The zero-order valence-electron chi connectivity index (χ0n) is 24.7. The summed E-state index contributed by atoms with van der Waals surface area (Å²) in [4.78, 5) is 18.1. The number of hydrogen-bond donors (Lipinski definition) is 1. The maximum Gasteiger partial charge on any atom is 0.254 e. The Morgan fingerprint density at radius 1 is 0.977 bits per heavy atom. The van der Waals surface area contributed by atoms with Gasteiger partial charge in [-0.2, -0.15) is 0 Å². The van der Waals surface area contributed by atoms with Gasteiger partial charge in [0.05, 0.1) is 43.5 Å². The maximum atomic E-state index is 13.8. The van der Waals surface area contributed by atoms with Crippen molar-refractivity contribution in [3.63, 3.8) is 0 Å². The van der Waals surface area contributed by atoms with E-state index in [-0.39, 0.29) is 17.4 Å². The average molecular weight is 626 g/mol. The fourth-order valence-electron chi connectivity index (χ4n) is 7.20. The van der Waals surface area contributed by atoms with E-state index in [1.54, 1.807) is 38.5 Å². The number of fused-ring (bicyclic) bond motifs is 2. The summed E-state index contributed by atoms with van der Waals surface area (Å²) >= 11 is 12.8. The number of carbonyl (C=O) groups is 1. The number of rotatable bonds is 7. The molecule has 1 N–H and O–H groups in total. The number of amides is 1. The van der Waals surface area contributed by atoms with Crippen LogP contribution in [0.3, 0.4) is 0 Å². The van der Waals surface area contributed by atoms with Crippen LogP contribution in [0.4, 0.5) is 0 Å². The van der Waals surface area contributed by atoms with Crippen LogP contribution in [0.1, 0.15) is 46.3 Å². The van der Waals surface area contributed by atoms with E-state index in [0.29, 0.717) is 53.2 Å². The van der Waals surface area contributed by atoms with Gasteiger partial charge in [0.1, 0.15) is 17.1 Å². The molecule has 3 aliphatic rings. The van der Waals surface area contributed by atoms with Crippen LogP contribution in [0.25, 0.3) is 0 Å². The van der Waals surface area contributed by atoms with E-state index >= 15 is 0 Å². The van der Waals surface area contributed by atoms with Crippen molar-refractivity contribution in [3.8, 4) is 11.5 Å². The van der Waals surface area contributed by atoms with Gasteiger partial charge in [0.25, 0.3) is 5.91 Å². The Morgan fingerprint density at radius 2 is 1.70 bits per heavy atom. The lowest BCUT2D eigenvalue weighted by Gasteiger charge is -2.46. The second-order valence-electron chi connectivity index (χ2n) is 11.9. The van der Waals surface area contributed by atoms with Gasteiger partial charge in [0.2, 0.25) is 0 Å². The van der Waals surface area contributed by atoms with E-state index in [9.17, 15) is 9.90 Å². The third-order valence-electron chi connectivity index (χ3n) is 9.70. The number of hydrogen-bond acceptors (Lipinski definition) is 6. The summed E-state index contributed by atoms with van der Waals surface area (Å²) in [5.41, 5.74) is 3.05. The maximum absolute atomic E-state index is 13.8. The SMILES string of the molecule is COc1cc(OC)cc(C(=O)N2CCOC(CCN3CCC4(CC3)c3ccccc3CC4O)(c3ccc(Cl)c(Cl)c3)C2)c1. The zero-order chi connectivity index (χ0) is 30.2. The molecule has 9 heteroatoms. The van der Waals surface area contributed by atoms with E-state index in [4.69, 9.17) is 37.4 Å². The van der Waals surface area contributed by atoms with Crippen molar-refractivity contribution < 1.29 is 24.1 Å². The number of ether oxygens (including phenoxy) is 3. The summed E-state index contributed by atoms with van der Waals surface area (Å²) in [5.74, 6) is 1.01. The molecule has 7 nitrogen and oxygen atoms in total. The van der Waals surface area contributed by atoms with Gasteiger partial charge in [-0.15, -0.1) is 0 Å². The smallest absolute Gasteiger partial charge is 0.254 e. The van der Waals surface area contributed by atoms with E-state index in [0.717, 1.165) is 44.5 Å². The van der Waals surface area contributed by atoms with E-state index in [1.165, 1.54) is 11.1 Å². The monoisotopic (exact) mass is 624 g/mol. The minimum atomic E-state index is -0.764. The van der Waals surface area contributed by atoms with Gasteiger partial charge in [-0.25, -0.2) is 0 Å². The van der Waals surface area contributed by atoms with Crippen molar-refractivity contribution in [2.75, 3.05) is 53.6 Å². The average Bonchev–Trinajstić information content (AvgIpc) is 3.31. The zero-order valence-corrected chi connectivity index (χ0v) is 26.2. The van der Waals surface area contributed by atoms with Crippen molar-refractivity contribution in [1.82, 2.24) is 9.80 Å². The first-order chi connectivity index (χ1) is 20.8. The predicted molar refractivity (Wildman–Crippen MR) is 168 cm³/mol. The molecule has 2 unspecified atom stereocenters. The Morgan fingerprint density at radius 3 is 2.40 bits per heavy atom. The van der Waals surface area contributed by atoms with E-state index in [1.807, 2.05) is 17.0 Å². The van der Waals surface area contributed by atoms with Crippen LogP contribution < -0.4 is 9.47 Å². The molecule has 1 spiro atoms. The quantitative estimate of drug-likeness (QED) is 0.363. The van der Waals surface area contributed by atoms with Crippen LogP contribution in [0.5, 0.6) is 11.5 Å². The standard InChI is InChI=1S/C34H38Cl2N2O5/c1-41-26-17-24(18-27(21-26)42-2)32(40)38-15-16-43-34(22-38,25-7-8-29(35)30(36)20-25)11-14-37-12-9-33(10-13-37)28-6-4-3-5-23(28)19-31(33)39/h3-8,17-18,20-21,31,39H,9-16,19,22H2,1-2H3. The number of aliphatic hydroxyl groups is 1. The summed E-state index contributed by atoms with van der Waals surface area (Å²) in [5, 5.41) is 12.0. The number of likely N-dealkylation sites (tertiary alicyclic amines) is 1. The molecule has 1 amide bonds. The van der Waals surface area contributed by atoms with Gasteiger partial charge in [-0.1, -0.05) is 53.5 Å². The number of methoxy groups -OCH3 is 2. The molecular weight excluding hydrogens is 587 g/mol. The van der Waals surface area contributed by atoms with Crippen LogP contribution >= 0.6 is 23.2 Å². The highest BCUT2D eigenvalue weighted by Gasteiger charge is 2.48. The summed E-state index contributed by atoms with van der Waals surface area (Å²) in [6.07, 6.45) is 2.88. The van der Waals surface area contributed by atoms with E-state index < -0.39 is 5.60 Å². The molecule has 0 radical (unpaired) electrons. The molecule has 0 aromatic heterocycles. The fourth-order valence-corrected chi connectivity index (χ4v) is 7.50. The highest BCUT2D eigenvalue weighted by molar-refractivity contribution is 6.42. The molecule has 2 saturated heterocycles. The minimum absolute atomic E-state index is 0.112. The number of nitrogens with zero attached hydrogens (tertiary/aromatic N) is 2. The number of piperidine rings is 1. The molecule has 3 aromatic rings. The summed E-state index contributed by atoms with van der Waals surface area (Å²) in [6.45, 7) is 3.77. The topological polar surface area (TPSA) is 71.5 Å². The van der Waals surface area contributed by atoms with Crippen LogP contribution in [-0.4, -0.2) is 80.5 Å². The Kier molecular flexibility index (Phi) is 8.64. The first-order valence-electron chi connectivity index (χ1n) is 14.9. The van der Waals surface area contributed by atoms with E-state index in [2.05, 4.69) is 29.2 Å². The van der Waals surface area contributed by atoms with Gasteiger partial charge in [-0.3, -0.25) is 4.79 Å². The van der Waals surface area contributed by atoms with Gasteiger partial charge in [0.15, 0.2) is 0 Å². The predicted octanol–water partition coefficient (Wildman–Crippen LogP) is 5.72. The Labute approximate surface area is 263 Å². The fraction of sp³-hybridized carbons (Fsp3) is 0.441. The van der Waals surface area contributed by atoms with Crippen molar-refractivity contribution in [2.45, 2.75) is 42.8 Å². The molecule has 3 aromatic carbocycles. The Bertz CT molecular complexity index is 1470. The normalized spacial score (nSPS) is 23.3. The molecule has 0 bridgehead atoms. The first kappa shape index (κ1) is 30.2.